The molecule has 0 saturated heterocycles. The summed E-state index contributed by atoms with van der Waals surface area (Å²) < 4.78 is 60.5. The molecule has 4 aromatic rings. The van der Waals surface area contributed by atoms with E-state index >= 15 is 4.39 Å². The molecule has 1 aliphatic heterocycles. The zero-order valence-corrected chi connectivity index (χ0v) is 22.5. The Balaban J connectivity index is 1.93. The zero-order valence-electron chi connectivity index (χ0n) is 22.5. The third-order valence-electron chi connectivity index (χ3n) is 6.84. The lowest BCUT2D eigenvalue weighted by atomic mass is 9.85. The number of fused-ring (bicyclic) bond motifs is 1. The van der Waals surface area contributed by atoms with E-state index in [1.807, 2.05) is 39.0 Å². The Morgan fingerprint density at radius 3 is 2.59 bits per heavy atom. The largest absolute Gasteiger partial charge is 0.493 e. The molecule has 0 fully saturated rings. The van der Waals surface area contributed by atoms with Gasteiger partial charge in [0.25, 0.3) is 6.43 Å². The van der Waals surface area contributed by atoms with Crippen LogP contribution in [0.1, 0.15) is 62.5 Å². The number of esters is 1. The van der Waals surface area contributed by atoms with Crippen LogP contribution in [0.25, 0.3) is 32.8 Å². The van der Waals surface area contributed by atoms with Crippen molar-refractivity contribution in [3.8, 4) is 16.9 Å². The van der Waals surface area contributed by atoms with Crippen molar-refractivity contribution in [2.24, 2.45) is 0 Å². The molecule has 39 heavy (non-hydrogen) atoms. The van der Waals surface area contributed by atoms with Crippen LogP contribution in [0.15, 0.2) is 42.6 Å². The smallest absolute Gasteiger partial charge is 0.339 e. The van der Waals surface area contributed by atoms with Gasteiger partial charge < -0.3 is 14.2 Å². The summed E-state index contributed by atoms with van der Waals surface area (Å²) in [4.78, 5) is 18.0. The number of carbonyl (C=O) groups excluding carboxylic acids is 1. The average Bonchev–Trinajstić information content (AvgIpc) is 2.87. The number of aryl methyl sites for hydroxylation is 1. The maximum Gasteiger partial charge on any atom is 0.339 e. The third-order valence-corrected chi connectivity index (χ3v) is 6.84. The molecule has 0 radical (unpaired) electrons. The van der Waals surface area contributed by atoms with Crippen molar-refractivity contribution in [1.82, 2.24) is 4.98 Å². The summed E-state index contributed by atoms with van der Waals surface area (Å²) in [5.74, 6) is -0.915. The number of ether oxygens (including phenoxy) is 3. The molecule has 0 aliphatic carbocycles. The first-order chi connectivity index (χ1) is 18.5. The molecule has 0 N–H and O–H groups in total. The molecule has 2 heterocycles. The Hall–Kier alpha value is -3.65. The van der Waals surface area contributed by atoms with E-state index in [0.29, 0.717) is 51.9 Å². The van der Waals surface area contributed by atoms with E-state index in [2.05, 4.69) is 4.98 Å². The van der Waals surface area contributed by atoms with Gasteiger partial charge in [-0.2, -0.15) is 0 Å². The minimum absolute atomic E-state index is 0.0270. The molecule has 5 nitrogen and oxygen atoms in total. The number of nitrogens with zero attached hydrogens (tertiary/aromatic N) is 1. The predicted molar refractivity (Wildman–Crippen MR) is 144 cm³/mol. The number of rotatable bonds is 6. The van der Waals surface area contributed by atoms with E-state index in [-0.39, 0.29) is 12.0 Å². The fourth-order valence-corrected chi connectivity index (χ4v) is 5.30. The number of hydrogen-bond donors (Lipinski definition) is 0. The number of halogens is 3. The van der Waals surface area contributed by atoms with Crippen LogP contribution in [0.3, 0.4) is 0 Å². The topological polar surface area (TPSA) is 57.7 Å². The number of hydrogen-bond acceptors (Lipinski definition) is 5. The predicted octanol–water partition coefficient (Wildman–Crippen LogP) is 7.79. The molecule has 0 amide bonds. The molecule has 0 bridgehead atoms. The normalized spacial score (nSPS) is 14.1. The summed E-state index contributed by atoms with van der Waals surface area (Å²) in [5, 5.41) is 1.22. The van der Waals surface area contributed by atoms with E-state index in [1.165, 1.54) is 12.1 Å². The van der Waals surface area contributed by atoms with Gasteiger partial charge in [0.2, 0.25) is 0 Å². The molecule has 3 aromatic carbocycles. The highest BCUT2D eigenvalue weighted by molar-refractivity contribution is 6.09. The van der Waals surface area contributed by atoms with Crippen LogP contribution in [0.2, 0.25) is 0 Å². The van der Waals surface area contributed by atoms with Crippen molar-refractivity contribution in [1.29, 1.82) is 0 Å². The fraction of sp³-hybridized carbons (Fsp3) is 0.355. The number of pyridine rings is 1. The summed E-state index contributed by atoms with van der Waals surface area (Å²) in [6.07, 6.45) is -1.74. The number of benzene rings is 3. The van der Waals surface area contributed by atoms with Gasteiger partial charge in [-0.3, -0.25) is 4.98 Å². The Bertz CT molecular complexity index is 1580. The molecule has 0 saturated carbocycles. The van der Waals surface area contributed by atoms with E-state index in [1.54, 1.807) is 20.0 Å². The van der Waals surface area contributed by atoms with Gasteiger partial charge in [0.05, 0.1) is 29.9 Å². The van der Waals surface area contributed by atoms with Crippen LogP contribution in [-0.4, -0.2) is 29.8 Å². The highest BCUT2D eigenvalue weighted by Crippen LogP contribution is 2.46. The molecule has 1 aliphatic rings. The zero-order chi connectivity index (χ0) is 28.1. The highest BCUT2D eigenvalue weighted by atomic mass is 19.3. The van der Waals surface area contributed by atoms with E-state index in [4.69, 9.17) is 14.2 Å². The summed E-state index contributed by atoms with van der Waals surface area (Å²) in [5.41, 5.74) is 2.30. The Kier molecular flexibility index (Phi) is 7.01. The lowest BCUT2D eigenvalue weighted by Crippen LogP contribution is -2.29. The van der Waals surface area contributed by atoms with Crippen molar-refractivity contribution in [2.45, 2.75) is 59.2 Å². The van der Waals surface area contributed by atoms with Gasteiger partial charge in [0.15, 0.2) is 6.10 Å². The maximum absolute atomic E-state index is 15.5. The van der Waals surface area contributed by atoms with Gasteiger partial charge >= 0.3 is 5.97 Å². The van der Waals surface area contributed by atoms with Gasteiger partial charge in [-0.05, 0) is 87.0 Å². The second-order valence-corrected chi connectivity index (χ2v) is 10.6. The Morgan fingerprint density at radius 1 is 1.13 bits per heavy atom. The maximum atomic E-state index is 15.5. The minimum Gasteiger partial charge on any atom is -0.493 e. The number of carbonyl (C=O) groups is 1. The molecule has 0 unspecified atom stereocenters. The van der Waals surface area contributed by atoms with Gasteiger partial charge in [-0.15, -0.1) is 0 Å². The lowest BCUT2D eigenvalue weighted by Gasteiger charge is -2.30. The van der Waals surface area contributed by atoms with Crippen molar-refractivity contribution >= 4 is 27.6 Å². The molecular formula is C31H30F3NO4. The molecule has 1 aromatic heterocycles. The first-order valence-electron chi connectivity index (χ1n) is 12.9. The van der Waals surface area contributed by atoms with Crippen molar-refractivity contribution in [2.75, 3.05) is 13.2 Å². The monoisotopic (exact) mass is 537 g/mol. The van der Waals surface area contributed by atoms with Crippen LogP contribution in [0.5, 0.6) is 5.75 Å². The second kappa shape index (κ2) is 10.2. The van der Waals surface area contributed by atoms with Crippen LogP contribution in [-0.2, 0) is 20.7 Å². The number of aromatic nitrogens is 1. The van der Waals surface area contributed by atoms with Gasteiger partial charge in [0, 0.05) is 34.5 Å². The van der Waals surface area contributed by atoms with Crippen LogP contribution < -0.4 is 4.74 Å². The Labute approximate surface area is 224 Å². The van der Waals surface area contributed by atoms with E-state index in [9.17, 15) is 13.6 Å². The summed E-state index contributed by atoms with van der Waals surface area (Å²) in [6, 6.07) is 9.64. The van der Waals surface area contributed by atoms with E-state index < -0.39 is 35.5 Å². The summed E-state index contributed by atoms with van der Waals surface area (Å²) in [7, 11) is 0. The van der Waals surface area contributed by atoms with Crippen LogP contribution in [0, 0.1) is 12.7 Å². The van der Waals surface area contributed by atoms with Crippen molar-refractivity contribution < 1.29 is 32.2 Å². The molecular weight excluding hydrogens is 507 g/mol. The first-order valence-corrected chi connectivity index (χ1v) is 12.9. The Morgan fingerprint density at radius 2 is 1.90 bits per heavy atom. The van der Waals surface area contributed by atoms with E-state index in [0.717, 1.165) is 17.0 Å². The van der Waals surface area contributed by atoms with Crippen molar-refractivity contribution in [3.05, 3.63) is 70.7 Å². The van der Waals surface area contributed by atoms with Crippen LogP contribution >= 0.6 is 0 Å². The molecule has 0 spiro atoms. The quantitative estimate of drug-likeness (QED) is 0.235. The second-order valence-electron chi connectivity index (χ2n) is 10.6. The molecule has 8 heteroatoms. The number of alkyl halides is 2. The lowest BCUT2D eigenvalue weighted by molar-refractivity contribution is -0.166. The standard InChI is InChI=1S/C31H30F3NO4/c1-6-37-30(36)28(39-31(3,4)5)23-16(2)15-21-18(7-8-20(26(21)32)29(33)34)25(23)19-9-10-22-24-17(12-14-38-22)11-13-35-27(19)24/h7-11,13,15,28-29H,6,12,14H2,1-5H3/t28-/m0/s1. The fourth-order valence-electron chi connectivity index (χ4n) is 5.30. The summed E-state index contributed by atoms with van der Waals surface area (Å²) >= 11 is 0. The van der Waals surface area contributed by atoms with Gasteiger partial charge in [0.1, 0.15) is 11.6 Å². The minimum atomic E-state index is -2.98. The first kappa shape index (κ1) is 26.9. The summed E-state index contributed by atoms with van der Waals surface area (Å²) in [6.45, 7) is 9.57. The van der Waals surface area contributed by atoms with Gasteiger partial charge in [-0.25, -0.2) is 18.0 Å². The molecule has 5 rings (SSSR count). The van der Waals surface area contributed by atoms with Crippen LogP contribution in [0.4, 0.5) is 13.2 Å². The average molecular weight is 538 g/mol. The molecule has 204 valence electrons. The van der Waals surface area contributed by atoms with Crippen molar-refractivity contribution in [3.63, 3.8) is 0 Å². The highest BCUT2D eigenvalue weighted by Gasteiger charge is 2.34. The molecule has 1 atom stereocenters. The third kappa shape index (κ3) is 4.82. The SMILES string of the molecule is CCOC(=O)[C@@H](OC(C)(C)C)c1c(C)cc2c(F)c(C(F)F)ccc2c1-c1ccc2c3c(ccnc13)CCO2. The van der Waals surface area contributed by atoms with Gasteiger partial charge in [-0.1, -0.05) is 6.07 Å².